The van der Waals surface area contributed by atoms with Gasteiger partial charge in [0.05, 0.1) is 16.9 Å². The number of pyridine rings is 1. The molecule has 1 aromatic heterocycles. The van der Waals surface area contributed by atoms with E-state index in [0.29, 0.717) is 11.4 Å². The summed E-state index contributed by atoms with van der Waals surface area (Å²) in [7, 11) is 0. The lowest BCUT2D eigenvalue weighted by atomic mass is 10.2. The van der Waals surface area contributed by atoms with Gasteiger partial charge in [-0.15, -0.1) is 0 Å². The highest BCUT2D eigenvalue weighted by atomic mass is 35.5. The molecule has 23 heavy (non-hydrogen) atoms. The summed E-state index contributed by atoms with van der Waals surface area (Å²) in [4.78, 5) is 28.0. The zero-order valence-electron chi connectivity index (χ0n) is 12.8. The molecular formula is C16H17ClN4O2. The molecule has 0 radical (unpaired) electrons. The first-order valence-electron chi connectivity index (χ1n) is 7.06. The van der Waals surface area contributed by atoms with Crippen molar-refractivity contribution in [3.05, 3.63) is 53.3 Å². The third-order valence-corrected chi connectivity index (χ3v) is 3.15. The fourth-order valence-corrected chi connectivity index (χ4v) is 2.07. The molecule has 0 saturated heterocycles. The molecule has 2 rings (SSSR count). The second-order valence-electron chi connectivity index (χ2n) is 5.09. The zero-order chi connectivity index (χ0) is 16.8. The van der Waals surface area contributed by atoms with E-state index in [9.17, 15) is 9.59 Å². The van der Waals surface area contributed by atoms with Crippen LogP contribution in [0.15, 0.2) is 42.6 Å². The van der Waals surface area contributed by atoms with Crippen molar-refractivity contribution >= 4 is 34.9 Å². The molecule has 0 aliphatic rings. The molecule has 0 aliphatic heterocycles. The number of nitrogens with one attached hydrogen (secondary N) is 3. The number of nitrogens with zero attached hydrogens (tertiary/aromatic N) is 1. The molecule has 3 N–H and O–H groups in total. The second-order valence-corrected chi connectivity index (χ2v) is 5.45. The molecule has 2 aromatic rings. The van der Waals surface area contributed by atoms with Gasteiger partial charge in [-0.25, -0.2) is 9.78 Å². The highest BCUT2D eigenvalue weighted by Crippen LogP contribution is 2.22. The maximum Gasteiger partial charge on any atom is 0.319 e. The smallest absolute Gasteiger partial charge is 0.319 e. The summed E-state index contributed by atoms with van der Waals surface area (Å²) in [5.74, 6) is -0.401. The number of aromatic nitrogens is 1. The molecular weight excluding hydrogens is 316 g/mol. The molecule has 0 aliphatic carbocycles. The Morgan fingerprint density at radius 3 is 2.30 bits per heavy atom. The summed E-state index contributed by atoms with van der Waals surface area (Å²) in [6, 6.07) is 9.76. The highest BCUT2D eigenvalue weighted by Gasteiger charge is 2.14. The Morgan fingerprint density at radius 2 is 1.70 bits per heavy atom. The molecule has 0 bridgehead atoms. The number of hydrogen-bond donors (Lipinski definition) is 3. The molecule has 0 saturated carbocycles. The number of hydrogen-bond acceptors (Lipinski definition) is 3. The van der Waals surface area contributed by atoms with Gasteiger partial charge < -0.3 is 16.0 Å². The van der Waals surface area contributed by atoms with E-state index < -0.39 is 5.91 Å². The van der Waals surface area contributed by atoms with E-state index in [-0.39, 0.29) is 22.8 Å². The van der Waals surface area contributed by atoms with Crippen molar-refractivity contribution in [2.75, 3.05) is 10.6 Å². The highest BCUT2D eigenvalue weighted by molar-refractivity contribution is 6.33. The largest absolute Gasteiger partial charge is 0.336 e. The first kappa shape index (κ1) is 16.8. The SMILES string of the molecule is CC(C)NC(=O)Nc1ccccc1NC(=O)c1cccnc1Cl. The topological polar surface area (TPSA) is 83.1 Å². The number of rotatable bonds is 4. The predicted octanol–water partition coefficient (Wildman–Crippen LogP) is 3.52. The lowest BCUT2D eigenvalue weighted by Gasteiger charge is -2.14. The summed E-state index contributed by atoms with van der Waals surface area (Å²) in [5, 5.41) is 8.26. The first-order valence-corrected chi connectivity index (χ1v) is 7.43. The van der Waals surface area contributed by atoms with Crippen molar-refractivity contribution in [3.63, 3.8) is 0 Å². The number of para-hydroxylation sites is 2. The number of halogens is 1. The van der Waals surface area contributed by atoms with Gasteiger partial charge in [-0.3, -0.25) is 4.79 Å². The van der Waals surface area contributed by atoms with E-state index in [1.54, 1.807) is 36.4 Å². The molecule has 7 heteroatoms. The van der Waals surface area contributed by atoms with Crippen molar-refractivity contribution < 1.29 is 9.59 Å². The number of urea groups is 1. The Labute approximate surface area is 139 Å². The van der Waals surface area contributed by atoms with Crippen LogP contribution in [0.3, 0.4) is 0 Å². The van der Waals surface area contributed by atoms with Crippen molar-refractivity contribution in [2.24, 2.45) is 0 Å². The van der Waals surface area contributed by atoms with E-state index in [0.717, 1.165) is 0 Å². The minimum Gasteiger partial charge on any atom is -0.336 e. The number of anilines is 2. The maximum absolute atomic E-state index is 12.3. The quantitative estimate of drug-likeness (QED) is 0.749. The van der Waals surface area contributed by atoms with Crippen LogP contribution in [0.2, 0.25) is 5.15 Å². The average molecular weight is 333 g/mol. The van der Waals surface area contributed by atoms with Crippen LogP contribution in [0.1, 0.15) is 24.2 Å². The van der Waals surface area contributed by atoms with Crippen molar-refractivity contribution in [3.8, 4) is 0 Å². The third-order valence-electron chi connectivity index (χ3n) is 2.85. The van der Waals surface area contributed by atoms with Gasteiger partial charge in [0.1, 0.15) is 5.15 Å². The molecule has 0 atom stereocenters. The van der Waals surface area contributed by atoms with Crippen molar-refractivity contribution in [1.82, 2.24) is 10.3 Å². The molecule has 1 heterocycles. The van der Waals surface area contributed by atoms with Crippen LogP contribution in [0.5, 0.6) is 0 Å². The zero-order valence-corrected chi connectivity index (χ0v) is 13.5. The monoisotopic (exact) mass is 332 g/mol. The third kappa shape index (κ3) is 4.69. The molecule has 0 unspecified atom stereocenters. The maximum atomic E-state index is 12.3. The summed E-state index contributed by atoms with van der Waals surface area (Å²) in [6.45, 7) is 3.72. The van der Waals surface area contributed by atoms with Crippen LogP contribution in [-0.2, 0) is 0 Å². The van der Waals surface area contributed by atoms with Crippen molar-refractivity contribution in [1.29, 1.82) is 0 Å². The number of benzene rings is 1. The molecule has 1 aromatic carbocycles. The standard InChI is InChI=1S/C16H17ClN4O2/c1-10(2)19-16(23)21-13-8-4-3-7-12(13)20-15(22)11-6-5-9-18-14(11)17/h3-10H,1-2H3,(H,20,22)(H2,19,21,23). The fourth-order valence-electron chi connectivity index (χ4n) is 1.87. The Hall–Kier alpha value is -2.60. The lowest BCUT2D eigenvalue weighted by Crippen LogP contribution is -2.34. The van der Waals surface area contributed by atoms with Crippen LogP contribution >= 0.6 is 11.6 Å². The molecule has 0 spiro atoms. The number of amides is 3. The Kier molecular flexibility index (Phi) is 5.54. The minimum atomic E-state index is -0.401. The van der Waals surface area contributed by atoms with Gasteiger partial charge in [0, 0.05) is 12.2 Å². The van der Waals surface area contributed by atoms with Gasteiger partial charge in [0.2, 0.25) is 0 Å². The number of carbonyl (C=O) groups excluding carboxylic acids is 2. The van der Waals surface area contributed by atoms with Gasteiger partial charge in [-0.2, -0.15) is 0 Å². The Bertz CT molecular complexity index is 719. The summed E-state index contributed by atoms with van der Waals surface area (Å²) in [6.07, 6.45) is 1.50. The summed E-state index contributed by atoms with van der Waals surface area (Å²) < 4.78 is 0. The van der Waals surface area contributed by atoms with Gasteiger partial charge in [-0.1, -0.05) is 23.7 Å². The van der Waals surface area contributed by atoms with Crippen LogP contribution in [-0.4, -0.2) is 23.0 Å². The first-order chi connectivity index (χ1) is 11.0. The van der Waals surface area contributed by atoms with E-state index >= 15 is 0 Å². The molecule has 3 amide bonds. The van der Waals surface area contributed by atoms with Crippen LogP contribution < -0.4 is 16.0 Å². The van der Waals surface area contributed by atoms with E-state index in [1.165, 1.54) is 6.20 Å². The van der Waals surface area contributed by atoms with Gasteiger partial charge >= 0.3 is 6.03 Å². The molecule has 120 valence electrons. The Morgan fingerprint density at radius 1 is 1.04 bits per heavy atom. The second kappa shape index (κ2) is 7.60. The van der Waals surface area contributed by atoms with Gasteiger partial charge in [0.25, 0.3) is 5.91 Å². The normalized spacial score (nSPS) is 10.3. The van der Waals surface area contributed by atoms with Crippen LogP contribution in [0.25, 0.3) is 0 Å². The van der Waals surface area contributed by atoms with Gasteiger partial charge in [0.15, 0.2) is 0 Å². The predicted molar refractivity (Wildman–Crippen MR) is 90.9 cm³/mol. The van der Waals surface area contributed by atoms with Crippen molar-refractivity contribution in [2.45, 2.75) is 19.9 Å². The molecule has 6 nitrogen and oxygen atoms in total. The summed E-state index contributed by atoms with van der Waals surface area (Å²) >= 11 is 5.92. The van der Waals surface area contributed by atoms with Crippen LogP contribution in [0, 0.1) is 0 Å². The van der Waals surface area contributed by atoms with E-state index in [1.807, 2.05) is 13.8 Å². The fraction of sp³-hybridized carbons (Fsp3) is 0.188. The Balaban J connectivity index is 2.16. The van der Waals surface area contributed by atoms with E-state index in [4.69, 9.17) is 11.6 Å². The number of carbonyl (C=O) groups is 2. The molecule has 0 fully saturated rings. The lowest BCUT2D eigenvalue weighted by molar-refractivity contribution is 0.102. The van der Waals surface area contributed by atoms with Gasteiger partial charge in [-0.05, 0) is 38.1 Å². The minimum absolute atomic E-state index is 0.00551. The summed E-state index contributed by atoms with van der Waals surface area (Å²) in [5.41, 5.74) is 1.21. The van der Waals surface area contributed by atoms with Crippen LogP contribution in [0.4, 0.5) is 16.2 Å². The average Bonchev–Trinajstić information content (AvgIpc) is 2.48. The van der Waals surface area contributed by atoms with E-state index in [2.05, 4.69) is 20.9 Å².